The molecule has 3 N–H and O–H groups in total. The van der Waals surface area contributed by atoms with Gasteiger partial charge >= 0.3 is 0 Å². The lowest BCUT2D eigenvalue weighted by atomic mass is 10.3. The average Bonchev–Trinajstić information content (AvgIpc) is 2.73. The van der Waals surface area contributed by atoms with Crippen LogP contribution in [0.1, 0.15) is 29.6 Å². The van der Waals surface area contributed by atoms with Crippen LogP contribution in [0.4, 0.5) is 5.00 Å². The minimum Gasteiger partial charge on any atom is -0.382 e. The molecular formula is C10H15N3O3S. The predicted molar refractivity (Wildman–Crippen MR) is 65.0 cm³/mol. The number of nitrogens with two attached hydrogens (primary N) is 1. The fraction of sp³-hybridized carbons (Fsp3) is 0.500. The number of hydrogen-bond acceptors (Lipinski definition) is 5. The quantitative estimate of drug-likeness (QED) is 0.712. The number of carbonyl (C=O) groups excluding carboxylic acids is 2. The monoisotopic (exact) mass is 257 g/mol. The molecule has 0 saturated carbocycles. The summed E-state index contributed by atoms with van der Waals surface area (Å²) in [5, 5.41) is 3.37. The second-order valence-electron chi connectivity index (χ2n) is 3.24. The Hall–Kier alpha value is -1.47. The third-order valence-electron chi connectivity index (χ3n) is 1.88. The summed E-state index contributed by atoms with van der Waals surface area (Å²) in [7, 11) is 0. The van der Waals surface area contributed by atoms with Crippen LogP contribution in [0.2, 0.25) is 0 Å². The third kappa shape index (κ3) is 4.92. The van der Waals surface area contributed by atoms with Gasteiger partial charge in [0.05, 0.1) is 6.20 Å². The molecule has 17 heavy (non-hydrogen) atoms. The Kier molecular flexibility index (Phi) is 5.58. The topological polar surface area (TPSA) is 94.3 Å². The zero-order valence-electron chi connectivity index (χ0n) is 9.56. The molecule has 6 nitrogen and oxygen atoms in total. The number of ether oxygens (including phenoxy) is 1. The van der Waals surface area contributed by atoms with Crippen LogP contribution in [-0.2, 0) is 9.53 Å². The highest BCUT2D eigenvalue weighted by molar-refractivity contribution is 7.17. The summed E-state index contributed by atoms with van der Waals surface area (Å²) >= 11 is 1.06. The van der Waals surface area contributed by atoms with E-state index in [1.54, 1.807) is 0 Å². The lowest BCUT2D eigenvalue weighted by molar-refractivity contribution is -0.116. The summed E-state index contributed by atoms with van der Waals surface area (Å²) in [4.78, 5) is 26.0. The predicted octanol–water partition coefficient (Wildman–Crippen LogP) is 0.997. The van der Waals surface area contributed by atoms with Crippen LogP contribution in [0.5, 0.6) is 0 Å². The van der Waals surface area contributed by atoms with E-state index in [0.717, 1.165) is 11.3 Å². The van der Waals surface area contributed by atoms with Gasteiger partial charge in [0.1, 0.15) is 5.00 Å². The third-order valence-corrected chi connectivity index (χ3v) is 2.80. The molecule has 0 aliphatic heterocycles. The van der Waals surface area contributed by atoms with Crippen molar-refractivity contribution in [1.82, 2.24) is 4.98 Å². The maximum atomic E-state index is 11.5. The number of anilines is 1. The number of aromatic nitrogens is 1. The molecule has 1 aromatic rings. The Bertz CT molecular complexity index is 392. The van der Waals surface area contributed by atoms with Crippen LogP contribution in [0, 0.1) is 0 Å². The summed E-state index contributed by atoms with van der Waals surface area (Å²) < 4.78 is 5.12. The van der Waals surface area contributed by atoms with Gasteiger partial charge in [-0.2, -0.15) is 0 Å². The van der Waals surface area contributed by atoms with Crippen LogP contribution >= 0.6 is 11.3 Å². The first-order chi connectivity index (χ1) is 8.13. The highest BCUT2D eigenvalue weighted by Crippen LogP contribution is 2.18. The van der Waals surface area contributed by atoms with Gasteiger partial charge in [-0.25, -0.2) is 4.98 Å². The minimum atomic E-state index is -0.591. The van der Waals surface area contributed by atoms with Crippen LogP contribution in [0.25, 0.3) is 0 Å². The van der Waals surface area contributed by atoms with Crippen molar-refractivity contribution in [1.29, 1.82) is 0 Å². The second kappa shape index (κ2) is 6.97. The molecular weight excluding hydrogens is 242 g/mol. The number of nitrogens with zero attached hydrogens (tertiary/aromatic N) is 1. The van der Waals surface area contributed by atoms with Crippen LogP contribution in [-0.4, -0.2) is 30.0 Å². The summed E-state index contributed by atoms with van der Waals surface area (Å²) in [5.41, 5.74) is 5.05. The molecule has 0 unspecified atom stereocenters. The normalized spacial score (nSPS) is 10.2. The van der Waals surface area contributed by atoms with Crippen molar-refractivity contribution in [2.45, 2.75) is 19.8 Å². The molecule has 0 radical (unpaired) electrons. The van der Waals surface area contributed by atoms with Gasteiger partial charge in [0.15, 0.2) is 5.01 Å². The van der Waals surface area contributed by atoms with E-state index in [2.05, 4.69) is 10.3 Å². The summed E-state index contributed by atoms with van der Waals surface area (Å²) in [5.74, 6) is -0.712. The Morgan fingerprint density at radius 2 is 2.35 bits per heavy atom. The second-order valence-corrected chi connectivity index (χ2v) is 4.27. The number of rotatable bonds is 7. The zero-order valence-corrected chi connectivity index (χ0v) is 10.4. The van der Waals surface area contributed by atoms with E-state index in [0.29, 0.717) is 31.1 Å². The smallest absolute Gasteiger partial charge is 0.277 e. The Labute approximate surface area is 103 Å². The van der Waals surface area contributed by atoms with Gasteiger partial charge in [-0.3, -0.25) is 9.59 Å². The maximum Gasteiger partial charge on any atom is 0.277 e. The molecule has 0 aromatic carbocycles. The van der Waals surface area contributed by atoms with Gasteiger partial charge in [0, 0.05) is 19.6 Å². The molecule has 1 aromatic heterocycles. The number of nitrogens with one attached hydrogen (secondary N) is 1. The maximum absolute atomic E-state index is 11.5. The van der Waals surface area contributed by atoms with Gasteiger partial charge in [-0.05, 0) is 13.3 Å². The van der Waals surface area contributed by atoms with Crippen LogP contribution < -0.4 is 11.1 Å². The molecule has 2 amide bonds. The van der Waals surface area contributed by atoms with Crippen molar-refractivity contribution < 1.29 is 14.3 Å². The highest BCUT2D eigenvalue weighted by Gasteiger charge is 2.09. The molecule has 0 atom stereocenters. The molecule has 0 spiro atoms. The molecule has 0 bridgehead atoms. The summed E-state index contributed by atoms with van der Waals surface area (Å²) in [6.45, 7) is 3.13. The van der Waals surface area contributed by atoms with Gasteiger partial charge < -0.3 is 15.8 Å². The zero-order chi connectivity index (χ0) is 12.7. The van der Waals surface area contributed by atoms with Crippen molar-refractivity contribution in [3.05, 3.63) is 11.2 Å². The van der Waals surface area contributed by atoms with E-state index in [1.165, 1.54) is 6.20 Å². The van der Waals surface area contributed by atoms with E-state index >= 15 is 0 Å². The van der Waals surface area contributed by atoms with Crippen molar-refractivity contribution in [3.8, 4) is 0 Å². The first kappa shape index (κ1) is 13.6. The van der Waals surface area contributed by atoms with Gasteiger partial charge in [-0.15, -0.1) is 0 Å². The molecule has 1 rings (SSSR count). The standard InChI is InChI=1S/C10H15N3O3S/c1-2-16-5-3-4-7(14)13-8-6-12-10(17-8)9(11)15/h6H,2-5H2,1H3,(H2,11,15)(H,13,14). The van der Waals surface area contributed by atoms with E-state index in [1.807, 2.05) is 6.92 Å². The molecule has 1 heterocycles. The Balaban J connectivity index is 2.32. The molecule has 0 saturated heterocycles. The highest BCUT2D eigenvalue weighted by atomic mass is 32.1. The molecule has 0 aliphatic rings. The largest absolute Gasteiger partial charge is 0.382 e. The number of primary amides is 1. The number of hydrogen-bond donors (Lipinski definition) is 2. The van der Waals surface area contributed by atoms with Crippen molar-refractivity contribution >= 4 is 28.2 Å². The first-order valence-corrected chi connectivity index (χ1v) is 6.08. The average molecular weight is 257 g/mol. The Morgan fingerprint density at radius 1 is 1.59 bits per heavy atom. The summed E-state index contributed by atoms with van der Waals surface area (Å²) in [6, 6.07) is 0. The van der Waals surface area contributed by atoms with Gasteiger partial charge in [0.25, 0.3) is 5.91 Å². The number of carbonyl (C=O) groups is 2. The summed E-state index contributed by atoms with van der Waals surface area (Å²) in [6.07, 6.45) is 2.47. The fourth-order valence-corrected chi connectivity index (χ4v) is 1.81. The van der Waals surface area contributed by atoms with E-state index in [-0.39, 0.29) is 10.9 Å². The minimum absolute atomic E-state index is 0.121. The molecule has 7 heteroatoms. The van der Waals surface area contributed by atoms with Crippen molar-refractivity contribution in [3.63, 3.8) is 0 Å². The fourth-order valence-electron chi connectivity index (χ4n) is 1.12. The molecule has 94 valence electrons. The van der Waals surface area contributed by atoms with Crippen LogP contribution in [0.15, 0.2) is 6.20 Å². The van der Waals surface area contributed by atoms with Gasteiger partial charge in [-0.1, -0.05) is 11.3 Å². The molecule has 0 aliphatic carbocycles. The van der Waals surface area contributed by atoms with Crippen molar-refractivity contribution in [2.24, 2.45) is 5.73 Å². The number of thiazole rings is 1. The van der Waals surface area contributed by atoms with E-state index in [4.69, 9.17) is 10.5 Å². The molecule has 0 fully saturated rings. The van der Waals surface area contributed by atoms with E-state index in [9.17, 15) is 9.59 Å². The SMILES string of the molecule is CCOCCCC(=O)Nc1cnc(C(N)=O)s1. The van der Waals surface area contributed by atoms with Crippen molar-refractivity contribution in [2.75, 3.05) is 18.5 Å². The first-order valence-electron chi connectivity index (χ1n) is 5.26. The van der Waals surface area contributed by atoms with Crippen LogP contribution in [0.3, 0.4) is 0 Å². The van der Waals surface area contributed by atoms with Gasteiger partial charge in [0.2, 0.25) is 5.91 Å². The lowest BCUT2D eigenvalue weighted by Crippen LogP contribution is -2.11. The number of amides is 2. The van der Waals surface area contributed by atoms with E-state index < -0.39 is 5.91 Å². The lowest BCUT2D eigenvalue weighted by Gasteiger charge is -2.02. The Morgan fingerprint density at radius 3 is 2.94 bits per heavy atom.